The molecule has 1 atom stereocenters. The van der Waals surface area contributed by atoms with Gasteiger partial charge in [-0.25, -0.2) is 4.79 Å². The van der Waals surface area contributed by atoms with E-state index in [0.29, 0.717) is 11.3 Å². The Hall–Kier alpha value is -2.90. The van der Waals surface area contributed by atoms with Crippen LogP contribution in [-0.2, 0) is 25.7 Å². The lowest BCUT2D eigenvalue weighted by Crippen LogP contribution is -2.48. The summed E-state index contributed by atoms with van der Waals surface area (Å²) in [5.74, 6) is -2.55. The number of aromatic carboxylic acids is 1. The highest BCUT2D eigenvalue weighted by molar-refractivity contribution is 6.03. The summed E-state index contributed by atoms with van der Waals surface area (Å²) >= 11 is 0. The molecule has 1 aliphatic heterocycles. The van der Waals surface area contributed by atoms with Crippen molar-refractivity contribution in [3.05, 3.63) is 29.3 Å². The first kappa shape index (κ1) is 17.5. The first-order valence-electron chi connectivity index (χ1n) is 7.24. The predicted octanol–water partition coefficient (Wildman–Crippen LogP) is 0.641. The van der Waals surface area contributed by atoms with Crippen molar-refractivity contribution in [3.63, 3.8) is 0 Å². The Kier molecular flexibility index (Phi) is 4.87. The van der Waals surface area contributed by atoms with Crippen LogP contribution in [-0.4, -0.2) is 54.0 Å². The summed E-state index contributed by atoms with van der Waals surface area (Å²) in [7, 11) is 2.74. The Balaban J connectivity index is 2.58. The van der Waals surface area contributed by atoms with E-state index in [4.69, 9.17) is 5.11 Å². The molecule has 2 rings (SSSR count). The molecule has 0 spiro atoms. The number of carboxylic acids is 1. The maximum Gasteiger partial charge on any atom is 0.335 e. The number of benzene rings is 1. The third kappa shape index (κ3) is 3.22. The predicted molar refractivity (Wildman–Crippen MR) is 83.5 cm³/mol. The number of esters is 1. The third-order valence-corrected chi connectivity index (χ3v) is 3.89. The largest absolute Gasteiger partial charge is 0.478 e. The molecule has 1 unspecified atom stereocenters. The van der Waals surface area contributed by atoms with Crippen molar-refractivity contribution < 1.29 is 29.0 Å². The maximum absolute atomic E-state index is 12.6. The fourth-order valence-electron chi connectivity index (χ4n) is 2.76. The van der Waals surface area contributed by atoms with Crippen molar-refractivity contribution in [1.29, 1.82) is 0 Å². The van der Waals surface area contributed by atoms with Crippen LogP contribution >= 0.6 is 0 Å². The number of hydrogen-bond donors (Lipinski definition) is 1. The molecule has 0 aliphatic carbocycles. The fraction of sp³-hybridized carbons (Fsp3) is 0.375. The Labute approximate surface area is 138 Å². The van der Waals surface area contributed by atoms with E-state index >= 15 is 0 Å². The minimum Gasteiger partial charge on any atom is -0.478 e. The molecule has 2 amide bonds. The molecule has 8 nitrogen and oxygen atoms in total. The molecule has 0 saturated heterocycles. The zero-order valence-electron chi connectivity index (χ0n) is 13.6. The van der Waals surface area contributed by atoms with E-state index < -0.39 is 29.8 Å². The number of ether oxygens (including phenoxy) is 1. The van der Waals surface area contributed by atoms with Crippen molar-refractivity contribution in [2.75, 3.05) is 19.1 Å². The highest BCUT2D eigenvalue weighted by Crippen LogP contribution is 2.30. The van der Waals surface area contributed by atoms with E-state index in [-0.39, 0.29) is 18.5 Å². The smallest absolute Gasteiger partial charge is 0.335 e. The van der Waals surface area contributed by atoms with Gasteiger partial charge >= 0.3 is 11.9 Å². The van der Waals surface area contributed by atoms with Crippen LogP contribution in [0.15, 0.2) is 18.2 Å². The van der Waals surface area contributed by atoms with E-state index in [9.17, 15) is 19.2 Å². The van der Waals surface area contributed by atoms with Gasteiger partial charge in [-0.1, -0.05) is 0 Å². The molecule has 128 valence electrons. The van der Waals surface area contributed by atoms with Gasteiger partial charge in [0.05, 0.1) is 19.1 Å². The van der Waals surface area contributed by atoms with Gasteiger partial charge in [-0.2, -0.15) is 0 Å². The van der Waals surface area contributed by atoms with Gasteiger partial charge in [-0.3, -0.25) is 19.3 Å². The van der Waals surface area contributed by atoms with Crippen LogP contribution in [0, 0.1) is 0 Å². The number of amides is 2. The van der Waals surface area contributed by atoms with Crippen molar-refractivity contribution >= 4 is 29.4 Å². The molecular formula is C16H18N2O6. The summed E-state index contributed by atoms with van der Waals surface area (Å²) < 4.78 is 4.62. The summed E-state index contributed by atoms with van der Waals surface area (Å²) in [6, 6.07) is 3.24. The minimum absolute atomic E-state index is 0.0597. The molecular weight excluding hydrogens is 316 g/mol. The minimum atomic E-state index is -1.10. The molecule has 0 fully saturated rings. The molecule has 0 radical (unpaired) electrons. The molecule has 0 bridgehead atoms. The Morgan fingerprint density at radius 3 is 2.54 bits per heavy atom. The lowest BCUT2D eigenvalue weighted by atomic mass is 10.1. The zero-order chi connectivity index (χ0) is 18.0. The average molecular weight is 334 g/mol. The maximum atomic E-state index is 12.6. The number of carbonyl (C=O) groups is 4. The number of likely N-dealkylation sites (N-methyl/N-ethyl adjacent to an activating group) is 1. The van der Waals surface area contributed by atoms with Crippen LogP contribution in [0.5, 0.6) is 0 Å². The highest BCUT2D eigenvalue weighted by Gasteiger charge is 2.37. The first-order valence-corrected chi connectivity index (χ1v) is 7.24. The van der Waals surface area contributed by atoms with Crippen LogP contribution in [0.4, 0.5) is 5.69 Å². The molecule has 1 heterocycles. The second kappa shape index (κ2) is 6.69. The van der Waals surface area contributed by atoms with Gasteiger partial charge in [0.2, 0.25) is 11.8 Å². The van der Waals surface area contributed by atoms with Gasteiger partial charge in [0.15, 0.2) is 0 Å². The number of rotatable bonds is 3. The van der Waals surface area contributed by atoms with E-state index in [2.05, 4.69) is 4.74 Å². The highest BCUT2D eigenvalue weighted by atomic mass is 16.5. The fourth-order valence-corrected chi connectivity index (χ4v) is 2.76. The first-order chi connectivity index (χ1) is 11.3. The van der Waals surface area contributed by atoms with Crippen molar-refractivity contribution in [2.24, 2.45) is 0 Å². The van der Waals surface area contributed by atoms with Gasteiger partial charge in [-0.15, -0.1) is 0 Å². The van der Waals surface area contributed by atoms with Gasteiger partial charge in [0.1, 0.15) is 6.04 Å². The molecule has 1 aromatic rings. The Bertz CT molecular complexity index is 715. The van der Waals surface area contributed by atoms with Crippen molar-refractivity contribution in [1.82, 2.24) is 4.90 Å². The number of methoxy groups -OCH3 is 1. The van der Waals surface area contributed by atoms with Crippen LogP contribution in [0.25, 0.3) is 0 Å². The summed E-state index contributed by atoms with van der Waals surface area (Å²) in [6.07, 6.45) is -0.278. The molecule has 0 aromatic heterocycles. The summed E-state index contributed by atoms with van der Waals surface area (Å²) in [5.41, 5.74) is 0.997. The lowest BCUT2D eigenvalue weighted by Gasteiger charge is -2.29. The molecule has 8 heteroatoms. The average Bonchev–Trinajstić information content (AvgIpc) is 2.62. The standard InChI is InChI=1S/C16H18N2O6/c1-9(19)18-12-5-4-10(16(22)23)6-11(12)8-17(2)15(21)13(18)7-14(20)24-3/h4-6,13H,7-8H2,1-3H3,(H,22,23). The summed E-state index contributed by atoms with van der Waals surface area (Å²) in [6.45, 7) is 1.43. The topological polar surface area (TPSA) is 104 Å². The van der Waals surface area contributed by atoms with Gasteiger partial charge in [-0.05, 0) is 23.8 Å². The van der Waals surface area contributed by atoms with Crippen LogP contribution in [0.3, 0.4) is 0 Å². The van der Waals surface area contributed by atoms with E-state index in [1.807, 2.05) is 0 Å². The quantitative estimate of drug-likeness (QED) is 0.814. The van der Waals surface area contributed by atoms with E-state index in [1.54, 1.807) is 0 Å². The van der Waals surface area contributed by atoms with Crippen LogP contribution in [0.2, 0.25) is 0 Å². The molecule has 1 aliphatic rings. The number of carboxylic acid groups (broad SMARTS) is 1. The zero-order valence-corrected chi connectivity index (χ0v) is 13.6. The lowest BCUT2D eigenvalue weighted by molar-refractivity contribution is -0.144. The van der Waals surface area contributed by atoms with Crippen molar-refractivity contribution in [2.45, 2.75) is 25.9 Å². The number of anilines is 1. The Morgan fingerprint density at radius 2 is 2.00 bits per heavy atom. The normalized spacial score (nSPS) is 17.1. The van der Waals surface area contributed by atoms with E-state index in [1.165, 1.54) is 49.1 Å². The number of fused-ring (bicyclic) bond motifs is 1. The van der Waals surface area contributed by atoms with Crippen LogP contribution in [0.1, 0.15) is 29.3 Å². The number of carbonyl (C=O) groups excluding carboxylic acids is 3. The van der Waals surface area contributed by atoms with Gasteiger partial charge in [0.25, 0.3) is 0 Å². The molecule has 1 N–H and O–H groups in total. The SMILES string of the molecule is COC(=O)CC1C(=O)N(C)Cc2cc(C(=O)O)ccc2N1C(C)=O. The third-order valence-electron chi connectivity index (χ3n) is 3.89. The Morgan fingerprint density at radius 1 is 1.33 bits per heavy atom. The monoisotopic (exact) mass is 334 g/mol. The molecule has 1 aromatic carbocycles. The van der Waals surface area contributed by atoms with Gasteiger partial charge in [0, 0.05) is 26.2 Å². The molecule has 0 saturated carbocycles. The van der Waals surface area contributed by atoms with Gasteiger partial charge < -0.3 is 14.7 Å². The van der Waals surface area contributed by atoms with Crippen molar-refractivity contribution in [3.8, 4) is 0 Å². The molecule has 24 heavy (non-hydrogen) atoms. The second-order valence-electron chi connectivity index (χ2n) is 5.53. The van der Waals surface area contributed by atoms with Crippen LogP contribution < -0.4 is 4.90 Å². The summed E-state index contributed by atoms with van der Waals surface area (Å²) in [4.78, 5) is 50.2. The number of hydrogen-bond acceptors (Lipinski definition) is 5. The summed E-state index contributed by atoms with van der Waals surface area (Å²) in [5, 5.41) is 9.13. The number of nitrogens with zero attached hydrogens (tertiary/aromatic N) is 2. The second-order valence-corrected chi connectivity index (χ2v) is 5.53. The van der Waals surface area contributed by atoms with E-state index in [0.717, 1.165) is 0 Å².